The van der Waals surface area contributed by atoms with Crippen LogP contribution in [0.2, 0.25) is 0 Å². The zero-order valence-corrected chi connectivity index (χ0v) is 10.6. The van der Waals surface area contributed by atoms with Gasteiger partial charge in [0.2, 0.25) is 5.91 Å². The maximum Gasteiger partial charge on any atom is 0.244 e. The Bertz CT molecular complexity index is 413. The lowest BCUT2D eigenvalue weighted by molar-refractivity contribution is -0.116. The lowest BCUT2D eigenvalue weighted by Gasteiger charge is -2.04. The van der Waals surface area contributed by atoms with Gasteiger partial charge >= 0.3 is 0 Å². The summed E-state index contributed by atoms with van der Waals surface area (Å²) in [6, 6.07) is 3.70. The van der Waals surface area contributed by atoms with Gasteiger partial charge in [0.25, 0.3) is 0 Å². The number of aromatic nitrogens is 1. The molecule has 4 heteroatoms. The fraction of sp³-hybridized carbons (Fsp3) is 0.286. The average Bonchev–Trinajstić information content (AvgIpc) is 2.37. The van der Waals surface area contributed by atoms with Crippen LogP contribution in [0.25, 0.3) is 6.08 Å². The Morgan fingerprint density at radius 2 is 2.44 bits per heavy atom. The molecule has 0 aliphatic rings. The molecule has 0 saturated carbocycles. The summed E-state index contributed by atoms with van der Waals surface area (Å²) in [6.07, 6.45) is 6.59. The molecule has 1 rings (SSSR count). The highest BCUT2D eigenvalue weighted by atomic mass is 16.5. The van der Waals surface area contributed by atoms with Gasteiger partial charge in [0.15, 0.2) is 0 Å². The third-order valence-corrected chi connectivity index (χ3v) is 2.01. The Balaban J connectivity index is 2.18. The van der Waals surface area contributed by atoms with Crippen molar-refractivity contribution in [3.63, 3.8) is 0 Å². The third kappa shape index (κ3) is 6.60. The third-order valence-electron chi connectivity index (χ3n) is 2.01. The number of hydrogen-bond donors (Lipinski definition) is 1. The smallest absolute Gasteiger partial charge is 0.244 e. The molecule has 18 heavy (non-hydrogen) atoms. The van der Waals surface area contributed by atoms with E-state index in [1.165, 1.54) is 6.08 Å². The van der Waals surface area contributed by atoms with E-state index in [9.17, 15) is 4.79 Å². The van der Waals surface area contributed by atoms with Gasteiger partial charge in [-0.3, -0.25) is 9.78 Å². The van der Waals surface area contributed by atoms with E-state index in [0.717, 1.165) is 11.1 Å². The van der Waals surface area contributed by atoms with E-state index in [2.05, 4.69) is 16.9 Å². The maximum absolute atomic E-state index is 11.4. The monoisotopic (exact) mass is 246 g/mol. The number of nitrogens with one attached hydrogen (secondary N) is 1. The summed E-state index contributed by atoms with van der Waals surface area (Å²) in [4.78, 5) is 15.4. The topological polar surface area (TPSA) is 51.2 Å². The quantitative estimate of drug-likeness (QED) is 0.453. The number of amides is 1. The molecule has 1 N–H and O–H groups in total. The van der Waals surface area contributed by atoms with Crippen LogP contribution in [0.1, 0.15) is 12.5 Å². The molecule has 96 valence electrons. The van der Waals surface area contributed by atoms with E-state index in [4.69, 9.17) is 4.74 Å². The van der Waals surface area contributed by atoms with Crippen LogP contribution in [0.5, 0.6) is 0 Å². The highest BCUT2D eigenvalue weighted by Gasteiger charge is 1.95. The number of carbonyl (C=O) groups excluding carboxylic acids is 1. The summed E-state index contributed by atoms with van der Waals surface area (Å²) >= 11 is 0. The number of rotatable bonds is 7. The van der Waals surface area contributed by atoms with Crippen LogP contribution in [0.3, 0.4) is 0 Å². The van der Waals surface area contributed by atoms with Crippen molar-refractivity contribution in [3.05, 3.63) is 48.3 Å². The number of hydrogen-bond acceptors (Lipinski definition) is 3. The Hall–Kier alpha value is -1.94. The van der Waals surface area contributed by atoms with E-state index >= 15 is 0 Å². The van der Waals surface area contributed by atoms with Crippen LogP contribution in [0.15, 0.2) is 42.8 Å². The molecule has 0 saturated heterocycles. The second kappa shape index (κ2) is 8.20. The molecule has 0 radical (unpaired) electrons. The van der Waals surface area contributed by atoms with Crippen molar-refractivity contribution in [3.8, 4) is 0 Å². The summed E-state index contributed by atoms with van der Waals surface area (Å²) in [5.41, 5.74) is 1.86. The van der Waals surface area contributed by atoms with Crippen molar-refractivity contribution in [1.29, 1.82) is 0 Å². The molecular formula is C14H18N2O2. The van der Waals surface area contributed by atoms with Gasteiger partial charge in [-0.15, -0.1) is 0 Å². The molecule has 4 nitrogen and oxygen atoms in total. The van der Waals surface area contributed by atoms with Crippen molar-refractivity contribution in [2.24, 2.45) is 0 Å². The number of nitrogens with zero attached hydrogens (tertiary/aromatic N) is 1. The van der Waals surface area contributed by atoms with Crippen LogP contribution in [0, 0.1) is 0 Å². The fourth-order valence-corrected chi connectivity index (χ4v) is 1.20. The van der Waals surface area contributed by atoms with Gasteiger partial charge in [-0.1, -0.05) is 18.2 Å². The molecule has 0 bridgehead atoms. The predicted octanol–water partition coefficient (Wildman–Crippen LogP) is 1.80. The summed E-state index contributed by atoms with van der Waals surface area (Å²) < 4.78 is 5.26. The van der Waals surface area contributed by atoms with Gasteiger partial charge in [-0.2, -0.15) is 0 Å². The standard InChI is InChI=1S/C14H18N2O2/c1-12(2)11-18-9-8-16-14(17)6-5-13-4-3-7-15-10-13/h3-7,10H,1,8-9,11H2,2H3,(H,16,17)/b6-5+. The normalized spacial score (nSPS) is 10.5. The molecule has 0 atom stereocenters. The minimum absolute atomic E-state index is 0.141. The minimum atomic E-state index is -0.141. The van der Waals surface area contributed by atoms with E-state index in [0.29, 0.717) is 19.8 Å². The summed E-state index contributed by atoms with van der Waals surface area (Å²) in [7, 11) is 0. The molecule has 0 aliphatic carbocycles. The first-order chi connectivity index (χ1) is 8.68. The molecule has 1 heterocycles. The predicted molar refractivity (Wildman–Crippen MR) is 71.9 cm³/mol. The van der Waals surface area contributed by atoms with E-state index in [-0.39, 0.29) is 5.91 Å². The molecule has 1 amide bonds. The Morgan fingerprint density at radius 1 is 1.61 bits per heavy atom. The summed E-state index contributed by atoms with van der Waals surface area (Å²) in [5, 5.41) is 2.73. The molecule has 1 aromatic rings. The average molecular weight is 246 g/mol. The van der Waals surface area contributed by atoms with E-state index in [1.54, 1.807) is 18.5 Å². The van der Waals surface area contributed by atoms with E-state index < -0.39 is 0 Å². The summed E-state index contributed by atoms with van der Waals surface area (Å²) in [6.45, 7) is 7.12. The highest BCUT2D eigenvalue weighted by Crippen LogP contribution is 1.97. The second-order valence-corrected chi connectivity index (χ2v) is 3.92. The van der Waals surface area contributed by atoms with Crippen LogP contribution < -0.4 is 5.32 Å². The van der Waals surface area contributed by atoms with Crippen LogP contribution >= 0.6 is 0 Å². The lowest BCUT2D eigenvalue weighted by Crippen LogP contribution is -2.25. The summed E-state index contributed by atoms with van der Waals surface area (Å²) in [5.74, 6) is -0.141. The zero-order chi connectivity index (χ0) is 13.2. The first-order valence-electron chi connectivity index (χ1n) is 5.76. The highest BCUT2D eigenvalue weighted by molar-refractivity contribution is 5.91. The van der Waals surface area contributed by atoms with Crippen molar-refractivity contribution in [2.75, 3.05) is 19.8 Å². The van der Waals surface area contributed by atoms with Crippen molar-refractivity contribution >= 4 is 12.0 Å². The lowest BCUT2D eigenvalue weighted by atomic mass is 10.2. The SMILES string of the molecule is C=C(C)COCCNC(=O)/C=C/c1cccnc1. The molecule has 0 aliphatic heterocycles. The van der Waals surface area contributed by atoms with Gasteiger partial charge in [-0.05, 0) is 24.6 Å². The Kier molecular flexibility index (Phi) is 6.43. The van der Waals surface area contributed by atoms with Crippen molar-refractivity contribution < 1.29 is 9.53 Å². The molecule has 0 spiro atoms. The minimum Gasteiger partial charge on any atom is -0.375 e. The van der Waals surface area contributed by atoms with Crippen LogP contribution in [-0.4, -0.2) is 30.6 Å². The number of ether oxygens (including phenoxy) is 1. The molecule has 0 fully saturated rings. The maximum atomic E-state index is 11.4. The zero-order valence-electron chi connectivity index (χ0n) is 10.6. The van der Waals surface area contributed by atoms with Gasteiger partial charge in [0.05, 0.1) is 13.2 Å². The molecular weight excluding hydrogens is 228 g/mol. The van der Waals surface area contributed by atoms with Gasteiger partial charge in [0, 0.05) is 25.0 Å². The number of pyridine rings is 1. The fourth-order valence-electron chi connectivity index (χ4n) is 1.20. The van der Waals surface area contributed by atoms with Crippen LogP contribution in [-0.2, 0) is 9.53 Å². The van der Waals surface area contributed by atoms with Gasteiger partial charge < -0.3 is 10.1 Å². The van der Waals surface area contributed by atoms with Gasteiger partial charge in [0.1, 0.15) is 0 Å². The molecule has 1 aromatic heterocycles. The Morgan fingerprint density at radius 3 is 3.11 bits per heavy atom. The second-order valence-electron chi connectivity index (χ2n) is 3.92. The van der Waals surface area contributed by atoms with Crippen molar-refractivity contribution in [2.45, 2.75) is 6.92 Å². The van der Waals surface area contributed by atoms with Crippen LogP contribution in [0.4, 0.5) is 0 Å². The largest absolute Gasteiger partial charge is 0.375 e. The first-order valence-corrected chi connectivity index (χ1v) is 5.76. The molecule has 0 unspecified atom stereocenters. The first kappa shape index (κ1) is 14.1. The molecule has 0 aromatic carbocycles. The number of carbonyl (C=O) groups is 1. The van der Waals surface area contributed by atoms with Gasteiger partial charge in [-0.25, -0.2) is 0 Å². The Labute approximate surface area is 107 Å². The van der Waals surface area contributed by atoms with Crippen molar-refractivity contribution in [1.82, 2.24) is 10.3 Å². The van der Waals surface area contributed by atoms with E-state index in [1.807, 2.05) is 19.1 Å².